The summed E-state index contributed by atoms with van der Waals surface area (Å²) in [5, 5.41) is 13.2. The summed E-state index contributed by atoms with van der Waals surface area (Å²) in [6.45, 7) is 1.70. The molecule has 0 atom stereocenters. The first-order valence-electron chi connectivity index (χ1n) is 6.80. The molecule has 1 saturated heterocycles. The third-order valence-corrected chi connectivity index (χ3v) is 4.16. The van der Waals surface area contributed by atoms with E-state index in [0.717, 1.165) is 43.0 Å². The Morgan fingerprint density at radius 3 is 2.62 bits per heavy atom. The third kappa shape index (κ3) is 2.88. The second-order valence-electron chi connectivity index (χ2n) is 4.80. The molecule has 0 amide bonds. The number of benzene rings is 1. The summed E-state index contributed by atoms with van der Waals surface area (Å²) in [5.41, 5.74) is 1.30. The number of rotatable bonds is 3. The maximum absolute atomic E-state index is 11.9. The highest BCUT2D eigenvalue weighted by Crippen LogP contribution is 2.30. The number of nitrogens with zero attached hydrogens (tertiary/aromatic N) is 3. The second kappa shape index (κ2) is 5.94. The molecular weight excluding hydrogens is 284 g/mol. The van der Waals surface area contributed by atoms with E-state index in [1.807, 2.05) is 35.2 Å². The van der Waals surface area contributed by atoms with Crippen LogP contribution in [0.3, 0.4) is 0 Å². The van der Waals surface area contributed by atoms with Crippen LogP contribution in [-0.4, -0.2) is 18.1 Å². The lowest BCUT2D eigenvalue weighted by Gasteiger charge is -2.18. The maximum atomic E-state index is 11.9. The first-order valence-corrected chi connectivity index (χ1v) is 7.62. The molecular formula is C15H14N4OS. The zero-order valence-corrected chi connectivity index (χ0v) is 12.2. The van der Waals surface area contributed by atoms with Gasteiger partial charge in [-0.3, -0.25) is 4.79 Å². The highest BCUT2D eigenvalue weighted by molar-refractivity contribution is 7.13. The number of anilines is 3. The van der Waals surface area contributed by atoms with Crippen LogP contribution >= 0.6 is 11.3 Å². The zero-order chi connectivity index (χ0) is 14.7. The van der Waals surface area contributed by atoms with Gasteiger partial charge in [0.25, 0.3) is 0 Å². The summed E-state index contributed by atoms with van der Waals surface area (Å²) in [4.78, 5) is 17.6. The predicted octanol–water partition coefficient (Wildman–Crippen LogP) is 2.72. The fraction of sp³-hybridized carbons (Fsp3) is 0.267. The van der Waals surface area contributed by atoms with Crippen LogP contribution in [0.5, 0.6) is 0 Å². The minimum absolute atomic E-state index is 0.283. The van der Waals surface area contributed by atoms with Crippen molar-refractivity contribution in [2.24, 2.45) is 0 Å². The highest BCUT2D eigenvalue weighted by Gasteiger charge is 2.21. The minimum Gasteiger partial charge on any atom is -0.355 e. The maximum Gasteiger partial charge on any atom is 0.330 e. The molecule has 0 unspecified atom stereocenters. The summed E-state index contributed by atoms with van der Waals surface area (Å²) in [6.07, 6.45) is 2.14. The molecule has 1 aliphatic heterocycles. The topological polar surface area (TPSA) is 69.0 Å². The van der Waals surface area contributed by atoms with Crippen molar-refractivity contribution in [2.45, 2.75) is 12.8 Å². The number of nitriles is 1. The Balaban J connectivity index is 2.03. The molecule has 0 bridgehead atoms. The Kier molecular flexibility index (Phi) is 3.84. The normalized spacial score (nSPS) is 14.0. The minimum atomic E-state index is -0.283. The van der Waals surface area contributed by atoms with Crippen molar-refractivity contribution >= 4 is 27.8 Å². The first kappa shape index (κ1) is 13.6. The van der Waals surface area contributed by atoms with Gasteiger partial charge in [-0.25, -0.2) is 0 Å². The lowest BCUT2D eigenvalue weighted by molar-refractivity contribution is 0.933. The lowest BCUT2D eigenvalue weighted by Crippen LogP contribution is -2.23. The van der Waals surface area contributed by atoms with Gasteiger partial charge in [0, 0.05) is 18.8 Å². The van der Waals surface area contributed by atoms with Gasteiger partial charge < -0.3 is 10.2 Å². The first-order chi connectivity index (χ1) is 10.3. The van der Waals surface area contributed by atoms with E-state index in [4.69, 9.17) is 0 Å². The number of aromatic nitrogens is 1. The Morgan fingerprint density at radius 2 is 1.95 bits per heavy atom. The van der Waals surface area contributed by atoms with Gasteiger partial charge in [-0.15, -0.1) is 0 Å². The van der Waals surface area contributed by atoms with E-state index < -0.39 is 0 Å². The molecule has 21 heavy (non-hydrogen) atoms. The number of para-hydroxylation sites is 1. The van der Waals surface area contributed by atoms with E-state index in [-0.39, 0.29) is 4.87 Å². The van der Waals surface area contributed by atoms with Crippen LogP contribution in [-0.2, 0) is 0 Å². The Bertz CT molecular complexity index is 730. The van der Waals surface area contributed by atoms with Crippen molar-refractivity contribution in [3.63, 3.8) is 0 Å². The molecule has 1 aliphatic rings. The van der Waals surface area contributed by atoms with Crippen molar-refractivity contribution < 1.29 is 0 Å². The van der Waals surface area contributed by atoms with Crippen LogP contribution in [0, 0.1) is 11.3 Å². The summed E-state index contributed by atoms with van der Waals surface area (Å²) in [6, 6.07) is 11.7. The van der Waals surface area contributed by atoms with Gasteiger partial charge in [-0.05, 0) is 25.0 Å². The van der Waals surface area contributed by atoms with Crippen molar-refractivity contribution in [1.82, 2.24) is 4.98 Å². The molecule has 1 aromatic carbocycles. The summed E-state index contributed by atoms with van der Waals surface area (Å²) >= 11 is 0.969. The fourth-order valence-corrected chi connectivity index (χ4v) is 3.12. The van der Waals surface area contributed by atoms with Gasteiger partial charge in [0.1, 0.15) is 16.6 Å². The van der Waals surface area contributed by atoms with E-state index >= 15 is 0 Å². The Morgan fingerprint density at radius 1 is 1.24 bits per heavy atom. The van der Waals surface area contributed by atoms with Crippen molar-refractivity contribution in [2.75, 3.05) is 23.3 Å². The van der Waals surface area contributed by atoms with Gasteiger partial charge in [0.2, 0.25) is 0 Å². The SMILES string of the molecule is N#Cc1c(N2CCCC2)nc(=O)sc1Nc1ccccc1. The second-order valence-corrected chi connectivity index (χ2v) is 5.77. The molecule has 2 aromatic rings. The average molecular weight is 298 g/mol. The van der Waals surface area contributed by atoms with Gasteiger partial charge in [-0.1, -0.05) is 29.5 Å². The van der Waals surface area contributed by atoms with E-state index in [9.17, 15) is 10.1 Å². The largest absolute Gasteiger partial charge is 0.355 e. The smallest absolute Gasteiger partial charge is 0.330 e. The molecule has 1 aromatic heterocycles. The van der Waals surface area contributed by atoms with E-state index in [1.54, 1.807) is 0 Å². The molecule has 106 valence electrons. The molecule has 0 spiro atoms. The van der Waals surface area contributed by atoms with Crippen molar-refractivity contribution in [3.05, 3.63) is 45.6 Å². The van der Waals surface area contributed by atoms with Gasteiger partial charge in [0.15, 0.2) is 5.82 Å². The van der Waals surface area contributed by atoms with Crippen molar-refractivity contribution in [1.29, 1.82) is 5.26 Å². The van der Waals surface area contributed by atoms with E-state index in [2.05, 4.69) is 16.4 Å². The van der Waals surface area contributed by atoms with Crippen LogP contribution in [0.15, 0.2) is 35.1 Å². The molecule has 5 nitrogen and oxygen atoms in total. The quantitative estimate of drug-likeness (QED) is 0.943. The fourth-order valence-electron chi connectivity index (χ4n) is 2.40. The molecule has 0 saturated carbocycles. The van der Waals surface area contributed by atoms with Crippen LogP contribution in [0.1, 0.15) is 18.4 Å². The zero-order valence-electron chi connectivity index (χ0n) is 11.4. The predicted molar refractivity (Wildman–Crippen MR) is 84.3 cm³/mol. The monoisotopic (exact) mass is 298 g/mol. The van der Waals surface area contributed by atoms with Crippen molar-refractivity contribution in [3.8, 4) is 6.07 Å². The van der Waals surface area contributed by atoms with Gasteiger partial charge >= 0.3 is 4.87 Å². The molecule has 3 rings (SSSR count). The Hall–Kier alpha value is -2.39. The average Bonchev–Trinajstić information content (AvgIpc) is 3.02. The molecule has 0 radical (unpaired) electrons. The number of nitrogens with one attached hydrogen (secondary N) is 1. The van der Waals surface area contributed by atoms with Crippen LogP contribution < -0.4 is 15.1 Å². The van der Waals surface area contributed by atoms with Gasteiger partial charge in [-0.2, -0.15) is 10.2 Å². The standard InChI is InChI=1S/C15H14N4OS/c16-10-12-13(19-8-4-5-9-19)18-15(20)21-14(12)17-11-6-2-1-3-7-11/h1-3,6-7,17H,4-5,8-9H2. The Labute approximate surface area is 126 Å². The van der Waals surface area contributed by atoms with Crippen LogP contribution in [0.4, 0.5) is 16.5 Å². The highest BCUT2D eigenvalue weighted by atomic mass is 32.1. The summed E-state index contributed by atoms with van der Waals surface area (Å²) in [5.74, 6) is 0.511. The molecule has 6 heteroatoms. The van der Waals surface area contributed by atoms with E-state index in [0.29, 0.717) is 16.4 Å². The summed E-state index contributed by atoms with van der Waals surface area (Å²) < 4.78 is 0. The van der Waals surface area contributed by atoms with Crippen LogP contribution in [0.2, 0.25) is 0 Å². The lowest BCUT2D eigenvalue weighted by atomic mass is 10.3. The summed E-state index contributed by atoms with van der Waals surface area (Å²) in [7, 11) is 0. The van der Waals surface area contributed by atoms with Crippen LogP contribution in [0.25, 0.3) is 0 Å². The van der Waals surface area contributed by atoms with E-state index in [1.165, 1.54) is 0 Å². The molecule has 1 N–H and O–H groups in total. The molecule has 2 heterocycles. The number of hydrogen-bond donors (Lipinski definition) is 1. The molecule has 1 fully saturated rings. The van der Waals surface area contributed by atoms with Gasteiger partial charge in [0.05, 0.1) is 0 Å². The molecule has 0 aliphatic carbocycles. The third-order valence-electron chi connectivity index (χ3n) is 3.39. The number of hydrogen-bond acceptors (Lipinski definition) is 6.